The van der Waals surface area contributed by atoms with Crippen LogP contribution >= 0.6 is 0 Å². The average molecular weight is 279 g/mol. The molecule has 20 heavy (non-hydrogen) atoms. The van der Waals surface area contributed by atoms with Gasteiger partial charge in [-0.3, -0.25) is 5.32 Å². The molecule has 0 bridgehead atoms. The molecule has 2 atom stereocenters. The van der Waals surface area contributed by atoms with Crippen LogP contribution in [0.1, 0.15) is 38.4 Å². The second-order valence-electron chi connectivity index (χ2n) is 5.74. The highest BCUT2D eigenvalue weighted by Crippen LogP contribution is 2.57. The Morgan fingerprint density at radius 1 is 1.60 bits per heavy atom. The van der Waals surface area contributed by atoms with E-state index >= 15 is 0 Å². The number of nitrogens with one attached hydrogen (secondary N) is 2. The normalized spacial score (nSPS) is 26.7. The van der Waals surface area contributed by atoms with Crippen molar-refractivity contribution in [3.63, 3.8) is 0 Å². The minimum Gasteiger partial charge on any atom is -0.378 e. The second-order valence-corrected chi connectivity index (χ2v) is 5.74. The Bertz CT molecular complexity index is 496. The topological polar surface area (TPSA) is 76.4 Å². The van der Waals surface area contributed by atoms with E-state index in [0.717, 1.165) is 25.9 Å². The zero-order valence-corrected chi connectivity index (χ0v) is 11.9. The molecule has 2 aliphatic rings. The van der Waals surface area contributed by atoms with Crippen LogP contribution in [0, 0.1) is 12.3 Å². The summed E-state index contributed by atoms with van der Waals surface area (Å²) in [6, 6.07) is 1.69. The summed E-state index contributed by atoms with van der Waals surface area (Å²) in [7, 11) is 0. The summed E-state index contributed by atoms with van der Waals surface area (Å²) >= 11 is 0. The van der Waals surface area contributed by atoms with E-state index in [2.05, 4.69) is 15.8 Å². The maximum atomic E-state index is 12.0. The van der Waals surface area contributed by atoms with Crippen molar-refractivity contribution in [3.05, 3.63) is 11.8 Å². The molecule has 0 unspecified atom stereocenters. The Morgan fingerprint density at radius 2 is 2.40 bits per heavy atom. The largest absolute Gasteiger partial charge is 0.378 e. The standard InChI is InChI=1S/C14H21N3O3/c1-3-19-11-8-10(14(11)5-4-6-14)15-13(18)16-12-7-9(2)20-17-12/h7,10-11H,3-6,8H2,1-2H3,(H2,15,16,17,18)/t10-,11+/m0/s1. The Kier molecular flexibility index (Phi) is 3.41. The van der Waals surface area contributed by atoms with E-state index in [9.17, 15) is 4.79 Å². The molecular weight excluding hydrogens is 258 g/mol. The summed E-state index contributed by atoms with van der Waals surface area (Å²) in [6.07, 6.45) is 4.73. The van der Waals surface area contributed by atoms with Crippen molar-refractivity contribution in [3.8, 4) is 0 Å². The van der Waals surface area contributed by atoms with Crippen molar-refractivity contribution in [1.29, 1.82) is 0 Å². The third-order valence-electron chi connectivity index (χ3n) is 4.61. The first-order chi connectivity index (χ1) is 9.64. The predicted octanol–water partition coefficient (Wildman–Crippen LogP) is 2.45. The number of rotatable bonds is 4. The Labute approximate surface area is 118 Å². The van der Waals surface area contributed by atoms with Crippen molar-refractivity contribution in [2.45, 2.75) is 51.7 Å². The number of urea groups is 1. The van der Waals surface area contributed by atoms with Crippen molar-refractivity contribution in [2.24, 2.45) is 5.41 Å². The van der Waals surface area contributed by atoms with E-state index in [1.807, 2.05) is 6.92 Å². The van der Waals surface area contributed by atoms with Gasteiger partial charge in [0.1, 0.15) is 5.76 Å². The number of nitrogens with zero attached hydrogens (tertiary/aromatic N) is 1. The zero-order valence-electron chi connectivity index (χ0n) is 11.9. The van der Waals surface area contributed by atoms with Gasteiger partial charge in [-0.25, -0.2) is 4.79 Å². The molecule has 6 heteroatoms. The number of carbonyl (C=O) groups is 1. The van der Waals surface area contributed by atoms with E-state index in [4.69, 9.17) is 9.26 Å². The van der Waals surface area contributed by atoms with Crippen LogP contribution in [0.5, 0.6) is 0 Å². The van der Waals surface area contributed by atoms with E-state index in [1.165, 1.54) is 6.42 Å². The molecule has 2 saturated carbocycles. The van der Waals surface area contributed by atoms with Crippen LogP contribution < -0.4 is 10.6 Å². The summed E-state index contributed by atoms with van der Waals surface area (Å²) < 4.78 is 10.7. The third-order valence-corrected chi connectivity index (χ3v) is 4.61. The van der Waals surface area contributed by atoms with Crippen molar-refractivity contribution < 1.29 is 14.1 Å². The molecule has 0 radical (unpaired) electrons. The summed E-state index contributed by atoms with van der Waals surface area (Å²) in [5, 5.41) is 9.49. The summed E-state index contributed by atoms with van der Waals surface area (Å²) in [4.78, 5) is 12.0. The van der Waals surface area contributed by atoms with Gasteiger partial charge in [0.15, 0.2) is 5.82 Å². The monoisotopic (exact) mass is 279 g/mol. The van der Waals surface area contributed by atoms with Gasteiger partial charge in [-0.15, -0.1) is 0 Å². The third kappa shape index (κ3) is 2.18. The Balaban J connectivity index is 1.54. The fraction of sp³-hybridized carbons (Fsp3) is 0.714. The second kappa shape index (κ2) is 5.09. The van der Waals surface area contributed by atoms with Crippen molar-refractivity contribution in [2.75, 3.05) is 11.9 Å². The Hall–Kier alpha value is -1.56. The smallest absolute Gasteiger partial charge is 0.320 e. The zero-order chi connectivity index (χ0) is 14.2. The average Bonchev–Trinajstić information content (AvgIpc) is 2.71. The first-order valence-corrected chi connectivity index (χ1v) is 7.26. The molecular formula is C14H21N3O3. The molecule has 2 aliphatic carbocycles. The lowest BCUT2D eigenvalue weighted by Gasteiger charge is -2.60. The molecule has 6 nitrogen and oxygen atoms in total. The van der Waals surface area contributed by atoms with E-state index < -0.39 is 0 Å². The lowest BCUT2D eigenvalue weighted by molar-refractivity contribution is -0.169. The molecule has 2 fully saturated rings. The first-order valence-electron chi connectivity index (χ1n) is 7.26. The van der Waals surface area contributed by atoms with Gasteiger partial charge in [-0.05, 0) is 33.1 Å². The SMILES string of the molecule is CCO[C@@H]1C[C@H](NC(=O)Nc2cc(C)on2)C12CCC2. The molecule has 2 amide bonds. The quantitative estimate of drug-likeness (QED) is 0.887. The lowest BCUT2D eigenvalue weighted by Crippen LogP contribution is -2.68. The number of anilines is 1. The molecule has 1 aromatic heterocycles. The van der Waals surface area contributed by atoms with Gasteiger partial charge >= 0.3 is 6.03 Å². The number of hydrogen-bond acceptors (Lipinski definition) is 4. The predicted molar refractivity (Wildman–Crippen MR) is 73.5 cm³/mol. The number of aromatic nitrogens is 1. The molecule has 1 spiro atoms. The lowest BCUT2D eigenvalue weighted by atomic mass is 9.51. The van der Waals surface area contributed by atoms with Crippen LogP contribution in [0.3, 0.4) is 0 Å². The summed E-state index contributed by atoms with van der Waals surface area (Å²) in [5.74, 6) is 1.12. The highest BCUT2D eigenvalue weighted by atomic mass is 16.5. The van der Waals surface area contributed by atoms with Gasteiger partial charge in [-0.1, -0.05) is 11.6 Å². The van der Waals surface area contributed by atoms with Gasteiger partial charge < -0.3 is 14.6 Å². The first kappa shape index (κ1) is 13.4. The molecule has 1 aromatic rings. The van der Waals surface area contributed by atoms with Crippen molar-refractivity contribution in [1.82, 2.24) is 10.5 Å². The number of ether oxygens (including phenoxy) is 1. The number of hydrogen-bond donors (Lipinski definition) is 2. The van der Waals surface area contributed by atoms with Crippen LogP contribution in [0.15, 0.2) is 10.6 Å². The van der Waals surface area contributed by atoms with E-state index in [-0.39, 0.29) is 17.5 Å². The van der Waals surface area contributed by atoms with Crippen LogP contribution in [-0.4, -0.2) is 29.9 Å². The molecule has 0 aromatic carbocycles. The van der Waals surface area contributed by atoms with Crippen LogP contribution in [0.2, 0.25) is 0 Å². The van der Waals surface area contributed by atoms with Gasteiger partial charge in [0.25, 0.3) is 0 Å². The maximum absolute atomic E-state index is 12.0. The van der Waals surface area contributed by atoms with Crippen molar-refractivity contribution >= 4 is 11.8 Å². The molecule has 2 N–H and O–H groups in total. The van der Waals surface area contributed by atoms with Gasteiger partial charge in [0.2, 0.25) is 0 Å². The highest BCUT2D eigenvalue weighted by Gasteiger charge is 2.59. The van der Waals surface area contributed by atoms with Gasteiger partial charge in [0, 0.05) is 24.1 Å². The minimum atomic E-state index is -0.218. The fourth-order valence-electron chi connectivity index (χ4n) is 3.38. The molecule has 0 aliphatic heterocycles. The highest BCUT2D eigenvalue weighted by molar-refractivity contribution is 5.88. The number of carbonyl (C=O) groups excluding carboxylic acids is 1. The molecule has 1 heterocycles. The summed E-state index contributed by atoms with van der Waals surface area (Å²) in [5.41, 5.74) is 0.174. The number of aryl methyl sites for hydroxylation is 1. The van der Waals surface area contributed by atoms with Gasteiger partial charge in [0.05, 0.1) is 6.10 Å². The minimum absolute atomic E-state index is 0.174. The van der Waals surface area contributed by atoms with E-state index in [0.29, 0.717) is 17.7 Å². The number of amides is 2. The van der Waals surface area contributed by atoms with Crippen LogP contribution in [0.25, 0.3) is 0 Å². The van der Waals surface area contributed by atoms with Crippen LogP contribution in [0.4, 0.5) is 10.6 Å². The Morgan fingerprint density at radius 3 is 2.95 bits per heavy atom. The fourth-order valence-corrected chi connectivity index (χ4v) is 3.38. The van der Waals surface area contributed by atoms with E-state index in [1.54, 1.807) is 13.0 Å². The molecule has 110 valence electrons. The molecule has 0 saturated heterocycles. The molecule has 3 rings (SSSR count). The summed E-state index contributed by atoms with van der Waals surface area (Å²) in [6.45, 7) is 4.55. The van der Waals surface area contributed by atoms with Gasteiger partial charge in [-0.2, -0.15) is 0 Å². The van der Waals surface area contributed by atoms with Crippen LogP contribution in [-0.2, 0) is 4.74 Å². The maximum Gasteiger partial charge on any atom is 0.320 e.